The molecule has 0 aromatic heterocycles. The maximum Gasteiger partial charge on any atom is 0.121 e. The Bertz CT molecular complexity index is 703. The van der Waals surface area contributed by atoms with Gasteiger partial charge < -0.3 is 4.74 Å². The van der Waals surface area contributed by atoms with Gasteiger partial charge in [0, 0.05) is 0 Å². The maximum atomic E-state index is 8.95. The van der Waals surface area contributed by atoms with E-state index in [0.29, 0.717) is 23.5 Å². The molecule has 0 radical (unpaired) electrons. The van der Waals surface area contributed by atoms with Crippen LogP contribution in [0.5, 0.6) is 5.75 Å². The zero-order chi connectivity index (χ0) is 14.4. The van der Waals surface area contributed by atoms with E-state index in [2.05, 4.69) is 6.58 Å². The van der Waals surface area contributed by atoms with Crippen LogP contribution in [0.25, 0.3) is 6.08 Å². The summed E-state index contributed by atoms with van der Waals surface area (Å²) >= 11 is 0. The molecule has 0 N–H and O–H groups in total. The molecule has 0 saturated heterocycles. The van der Waals surface area contributed by atoms with Crippen molar-refractivity contribution in [3.05, 3.63) is 71.3 Å². The van der Waals surface area contributed by atoms with Gasteiger partial charge in [0.25, 0.3) is 0 Å². The van der Waals surface area contributed by atoms with Crippen LogP contribution in [-0.4, -0.2) is 0 Å². The van der Waals surface area contributed by atoms with Gasteiger partial charge in [-0.25, -0.2) is 0 Å². The average Bonchev–Trinajstić information content (AvgIpc) is 2.53. The third-order valence-corrected chi connectivity index (χ3v) is 2.85. The Hall–Kier alpha value is -3.04. The zero-order valence-corrected chi connectivity index (χ0v) is 10.8. The van der Waals surface area contributed by atoms with E-state index in [1.54, 1.807) is 24.3 Å². The third kappa shape index (κ3) is 3.04. The Morgan fingerprint density at radius 2 is 1.70 bits per heavy atom. The molecule has 0 aliphatic heterocycles. The molecule has 0 aliphatic carbocycles. The molecule has 0 spiro atoms. The Morgan fingerprint density at radius 3 is 2.30 bits per heavy atom. The number of benzene rings is 2. The summed E-state index contributed by atoms with van der Waals surface area (Å²) in [4.78, 5) is 0. The molecular weight excluding hydrogens is 248 g/mol. The molecule has 0 atom stereocenters. The first-order valence-electron chi connectivity index (χ1n) is 6.05. The smallest absolute Gasteiger partial charge is 0.121 e. The largest absolute Gasteiger partial charge is 0.489 e. The van der Waals surface area contributed by atoms with Crippen LogP contribution in [0.2, 0.25) is 0 Å². The highest BCUT2D eigenvalue weighted by Gasteiger charge is 2.03. The van der Waals surface area contributed by atoms with Crippen molar-refractivity contribution >= 4 is 6.08 Å². The summed E-state index contributed by atoms with van der Waals surface area (Å²) in [5.41, 5.74) is 2.76. The monoisotopic (exact) mass is 260 g/mol. The SMILES string of the molecule is C=Cc1ccc(COc2ccc(C#N)c(C#N)c2)cc1. The van der Waals surface area contributed by atoms with Gasteiger partial charge in [-0.2, -0.15) is 10.5 Å². The number of ether oxygens (including phenoxy) is 1. The fourth-order valence-corrected chi connectivity index (χ4v) is 1.72. The van der Waals surface area contributed by atoms with Crippen molar-refractivity contribution in [1.29, 1.82) is 10.5 Å². The molecule has 20 heavy (non-hydrogen) atoms. The molecule has 3 heteroatoms. The molecule has 0 bridgehead atoms. The topological polar surface area (TPSA) is 56.8 Å². The Morgan fingerprint density at radius 1 is 1.00 bits per heavy atom. The highest BCUT2D eigenvalue weighted by molar-refractivity contribution is 5.49. The summed E-state index contributed by atoms with van der Waals surface area (Å²) in [5.74, 6) is 0.577. The number of hydrogen-bond acceptors (Lipinski definition) is 3. The minimum Gasteiger partial charge on any atom is -0.489 e. The second-order valence-electron chi connectivity index (χ2n) is 4.17. The normalized spacial score (nSPS) is 9.30. The Balaban J connectivity index is 2.09. The number of rotatable bonds is 4. The number of nitriles is 2. The minimum absolute atomic E-state index is 0.326. The van der Waals surface area contributed by atoms with E-state index in [-0.39, 0.29) is 0 Å². The van der Waals surface area contributed by atoms with Crippen LogP contribution in [0.4, 0.5) is 0 Å². The molecule has 0 unspecified atom stereocenters. The molecule has 0 aliphatic rings. The quantitative estimate of drug-likeness (QED) is 0.843. The van der Waals surface area contributed by atoms with Crippen LogP contribution in [0, 0.1) is 22.7 Å². The number of hydrogen-bond donors (Lipinski definition) is 0. The van der Waals surface area contributed by atoms with Crippen molar-refractivity contribution in [2.75, 3.05) is 0 Å². The molecule has 0 saturated carbocycles. The van der Waals surface area contributed by atoms with E-state index < -0.39 is 0 Å². The van der Waals surface area contributed by atoms with Gasteiger partial charge in [-0.15, -0.1) is 0 Å². The standard InChI is InChI=1S/C17H12N2O/c1-2-13-3-5-14(6-4-13)12-20-17-8-7-15(10-18)16(9-17)11-19/h2-9H,1,12H2. The molecule has 0 fully saturated rings. The lowest BCUT2D eigenvalue weighted by Gasteiger charge is -2.07. The van der Waals surface area contributed by atoms with E-state index >= 15 is 0 Å². The summed E-state index contributed by atoms with van der Waals surface area (Å²) in [7, 11) is 0. The van der Waals surface area contributed by atoms with Crippen LogP contribution >= 0.6 is 0 Å². The molecule has 3 nitrogen and oxygen atoms in total. The van der Waals surface area contributed by atoms with Crippen LogP contribution < -0.4 is 4.74 Å². The predicted octanol–water partition coefficient (Wildman–Crippen LogP) is 3.65. The van der Waals surface area contributed by atoms with E-state index in [4.69, 9.17) is 15.3 Å². The fourth-order valence-electron chi connectivity index (χ4n) is 1.72. The second kappa shape index (κ2) is 6.22. The summed E-state index contributed by atoms with van der Waals surface area (Å²) in [6.45, 7) is 4.11. The van der Waals surface area contributed by atoms with Gasteiger partial charge in [0.2, 0.25) is 0 Å². The summed E-state index contributed by atoms with van der Waals surface area (Å²) < 4.78 is 5.62. The predicted molar refractivity (Wildman–Crippen MR) is 76.7 cm³/mol. The Labute approximate surface area is 118 Å². The molecule has 0 heterocycles. The van der Waals surface area contributed by atoms with Crippen LogP contribution in [0.15, 0.2) is 49.0 Å². The maximum absolute atomic E-state index is 8.95. The van der Waals surface area contributed by atoms with E-state index in [1.165, 1.54) is 0 Å². The van der Waals surface area contributed by atoms with Crippen molar-refractivity contribution in [2.24, 2.45) is 0 Å². The van der Waals surface area contributed by atoms with Gasteiger partial charge in [-0.05, 0) is 29.3 Å². The zero-order valence-electron chi connectivity index (χ0n) is 10.8. The average molecular weight is 260 g/mol. The first-order chi connectivity index (χ1) is 9.76. The number of nitrogens with zero attached hydrogens (tertiary/aromatic N) is 2. The van der Waals surface area contributed by atoms with E-state index in [1.807, 2.05) is 36.4 Å². The van der Waals surface area contributed by atoms with Crippen molar-refractivity contribution in [2.45, 2.75) is 6.61 Å². The lowest BCUT2D eigenvalue weighted by atomic mass is 10.1. The minimum atomic E-state index is 0.326. The first-order valence-corrected chi connectivity index (χ1v) is 6.05. The van der Waals surface area contributed by atoms with Crippen molar-refractivity contribution in [3.8, 4) is 17.9 Å². The summed E-state index contributed by atoms with van der Waals surface area (Å²) in [5, 5.41) is 17.8. The summed E-state index contributed by atoms with van der Waals surface area (Å²) in [6.07, 6.45) is 1.78. The fraction of sp³-hybridized carbons (Fsp3) is 0.0588. The summed E-state index contributed by atoms with van der Waals surface area (Å²) in [6, 6.07) is 16.7. The van der Waals surface area contributed by atoms with E-state index in [0.717, 1.165) is 11.1 Å². The molecular formula is C17H12N2O. The van der Waals surface area contributed by atoms with E-state index in [9.17, 15) is 0 Å². The molecule has 2 aromatic rings. The van der Waals surface area contributed by atoms with Crippen LogP contribution in [0.3, 0.4) is 0 Å². The van der Waals surface area contributed by atoms with Gasteiger partial charge in [0.05, 0.1) is 11.1 Å². The van der Waals surface area contributed by atoms with Crippen LogP contribution in [0.1, 0.15) is 22.3 Å². The lowest BCUT2D eigenvalue weighted by molar-refractivity contribution is 0.306. The van der Waals surface area contributed by atoms with Gasteiger partial charge in [0.1, 0.15) is 24.5 Å². The molecule has 0 amide bonds. The highest BCUT2D eigenvalue weighted by atomic mass is 16.5. The van der Waals surface area contributed by atoms with Gasteiger partial charge >= 0.3 is 0 Å². The third-order valence-electron chi connectivity index (χ3n) is 2.85. The van der Waals surface area contributed by atoms with Gasteiger partial charge in [-0.1, -0.05) is 36.9 Å². The second-order valence-corrected chi connectivity index (χ2v) is 4.17. The molecule has 96 valence electrons. The van der Waals surface area contributed by atoms with Gasteiger partial charge in [0.15, 0.2) is 0 Å². The molecule has 2 aromatic carbocycles. The van der Waals surface area contributed by atoms with Crippen molar-refractivity contribution in [1.82, 2.24) is 0 Å². The van der Waals surface area contributed by atoms with Crippen molar-refractivity contribution in [3.63, 3.8) is 0 Å². The first kappa shape index (κ1) is 13.4. The lowest BCUT2D eigenvalue weighted by Crippen LogP contribution is -1.96. The van der Waals surface area contributed by atoms with Crippen LogP contribution in [-0.2, 0) is 6.61 Å². The Kier molecular flexibility index (Phi) is 4.17. The van der Waals surface area contributed by atoms with Crippen molar-refractivity contribution < 1.29 is 4.74 Å². The molecule has 2 rings (SSSR count). The highest BCUT2D eigenvalue weighted by Crippen LogP contribution is 2.18. The van der Waals surface area contributed by atoms with Gasteiger partial charge in [-0.3, -0.25) is 0 Å².